The monoisotopic (exact) mass is 196 g/mol. The summed E-state index contributed by atoms with van der Waals surface area (Å²) in [4.78, 5) is 4.09. The molecule has 0 saturated heterocycles. The van der Waals surface area contributed by atoms with Crippen LogP contribution in [0.1, 0.15) is 25.6 Å². The number of hydrogen-bond donors (Lipinski definition) is 2. The molecule has 78 valence electrons. The van der Waals surface area contributed by atoms with Crippen LogP contribution in [0.4, 0.5) is 0 Å². The van der Waals surface area contributed by atoms with Gasteiger partial charge in [0.2, 0.25) is 0 Å². The number of ether oxygens (including phenoxy) is 1. The van der Waals surface area contributed by atoms with Gasteiger partial charge in [0.25, 0.3) is 0 Å². The smallest absolute Gasteiger partial charge is 0.137 e. The summed E-state index contributed by atoms with van der Waals surface area (Å²) < 4.78 is 5.42. The van der Waals surface area contributed by atoms with E-state index in [1.807, 2.05) is 13.8 Å². The van der Waals surface area contributed by atoms with Gasteiger partial charge < -0.3 is 15.6 Å². The lowest BCUT2D eigenvalue weighted by molar-refractivity contribution is 0.240. The Labute approximate surface area is 83.7 Å². The van der Waals surface area contributed by atoms with E-state index in [0.29, 0.717) is 11.4 Å². The van der Waals surface area contributed by atoms with Crippen molar-refractivity contribution in [1.82, 2.24) is 4.98 Å². The van der Waals surface area contributed by atoms with Gasteiger partial charge in [0.15, 0.2) is 0 Å². The predicted molar refractivity (Wildman–Crippen MR) is 54.0 cm³/mol. The highest BCUT2D eigenvalue weighted by atomic mass is 16.5. The summed E-state index contributed by atoms with van der Waals surface area (Å²) in [5, 5.41) is 8.81. The van der Waals surface area contributed by atoms with Crippen LogP contribution >= 0.6 is 0 Å². The number of nitrogens with zero attached hydrogens (tertiary/aromatic N) is 1. The second kappa shape index (κ2) is 4.93. The molecule has 0 aliphatic rings. The molecular weight excluding hydrogens is 180 g/mol. The van der Waals surface area contributed by atoms with Crippen LogP contribution in [0.25, 0.3) is 0 Å². The summed E-state index contributed by atoms with van der Waals surface area (Å²) in [5.41, 5.74) is 6.26. The molecule has 4 nitrogen and oxygen atoms in total. The van der Waals surface area contributed by atoms with Gasteiger partial charge in [-0.3, -0.25) is 4.98 Å². The van der Waals surface area contributed by atoms with Crippen molar-refractivity contribution in [2.75, 3.05) is 6.61 Å². The van der Waals surface area contributed by atoms with Crippen LogP contribution in [0.2, 0.25) is 0 Å². The van der Waals surface area contributed by atoms with E-state index in [-0.39, 0.29) is 12.7 Å². The molecule has 0 saturated carbocycles. The number of aliphatic hydroxyl groups is 1. The Morgan fingerprint density at radius 3 is 2.64 bits per heavy atom. The Hall–Kier alpha value is -1.13. The molecule has 0 radical (unpaired) electrons. The van der Waals surface area contributed by atoms with Crippen LogP contribution in [0, 0.1) is 0 Å². The third-order valence-electron chi connectivity index (χ3n) is 1.71. The molecular formula is C10H16N2O2. The Morgan fingerprint density at radius 1 is 1.50 bits per heavy atom. The Morgan fingerprint density at radius 2 is 2.21 bits per heavy atom. The molecule has 14 heavy (non-hydrogen) atoms. The number of rotatable bonds is 4. The van der Waals surface area contributed by atoms with E-state index in [1.54, 1.807) is 18.3 Å². The Kier molecular flexibility index (Phi) is 3.85. The van der Waals surface area contributed by atoms with Gasteiger partial charge in [-0.15, -0.1) is 0 Å². The normalized spacial score (nSPS) is 12.9. The summed E-state index contributed by atoms with van der Waals surface area (Å²) in [6, 6.07) is 3.15. The first-order chi connectivity index (χ1) is 6.63. The SMILES string of the molecule is CC(C)Oc1ccc(C(N)CO)nc1. The molecule has 1 heterocycles. The third-order valence-corrected chi connectivity index (χ3v) is 1.71. The highest BCUT2D eigenvalue weighted by Gasteiger charge is 2.05. The molecule has 1 unspecified atom stereocenters. The molecule has 0 bridgehead atoms. The fourth-order valence-corrected chi connectivity index (χ4v) is 1.05. The van der Waals surface area contributed by atoms with Crippen LogP contribution in [0.3, 0.4) is 0 Å². The van der Waals surface area contributed by atoms with E-state index in [1.165, 1.54) is 0 Å². The lowest BCUT2D eigenvalue weighted by Gasteiger charge is -2.11. The van der Waals surface area contributed by atoms with Crippen molar-refractivity contribution in [2.24, 2.45) is 5.73 Å². The lowest BCUT2D eigenvalue weighted by atomic mass is 10.2. The third kappa shape index (κ3) is 2.97. The number of hydrogen-bond acceptors (Lipinski definition) is 4. The Bertz CT molecular complexity index is 272. The number of aromatic nitrogens is 1. The summed E-state index contributed by atoms with van der Waals surface area (Å²) in [6.07, 6.45) is 1.75. The lowest BCUT2D eigenvalue weighted by Crippen LogP contribution is -2.16. The minimum absolute atomic E-state index is 0.0998. The largest absolute Gasteiger partial charge is 0.489 e. The first-order valence-electron chi connectivity index (χ1n) is 4.62. The van der Waals surface area contributed by atoms with Crippen molar-refractivity contribution in [3.05, 3.63) is 24.0 Å². The fraction of sp³-hybridized carbons (Fsp3) is 0.500. The van der Waals surface area contributed by atoms with Crippen molar-refractivity contribution in [1.29, 1.82) is 0 Å². The fourth-order valence-electron chi connectivity index (χ4n) is 1.05. The standard InChI is InChI=1S/C10H16N2O2/c1-7(2)14-8-3-4-10(12-5-8)9(11)6-13/h3-5,7,9,13H,6,11H2,1-2H3. The van der Waals surface area contributed by atoms with Gasteiger partial charge in [-0.1, -0.05) is 0 Å². The second-order valence-electron chi connectivity index (χ2n) is 3.37. The van der Waals surface area contributed by atoms with Crippen LogP contribution in [-0.4, -0.2) is 22.8 Å². The molecule has 0 aliphatic heterocycles. The molecule has 1 aromatic rings. The van der Waals surface area contributed by atoms with Gasteiger partial charge in [-0.2, -0.15) is 0 Å². The molecule has 4 heteroatoms. The minimum Gasteiger partial charge on any atom is -0.489 e. The molecule has 3 N–H and O–H groups in total. The van der Waals surface area contributed by atoms with Crippen molar-refractivity contribution in [3.8, 4) is 5.75 Å². The molecule has 0 aromatic carbocycles. The molecule has 1 atom stereocenters. The van der Waals surface area contributed by atoms with Crippen LogP contribution in [0.5, 0.6) is 5.75 Å². The first kappa shape index (κ1) is 10.9. The van der Waals surface area contributed by atoms with Gasteiger partial charge in [-0.25, -0.2) is 0 Å². The zero-order chi connectivity index (χ0) is 10.6. The highest BCUT2D eigenvalue weighted by Crippen LogP contribution is 2.13. The summed E-state index contributed by atoms with van der Waals surface area (Å²) >= 11 is 0. The predicted octanol–water partition coefficient (Wildman–Crippen LogP) is 0.861. The van der Waals surface area contributed by atoms with Crippen molar-refractivity contribution >= 4 is 0 Å². The van der Waals surface area contributed by atoms with Gasteiger partial charge in [0.1, 0.15) is 5.75 Å². The zero-order valence-corrected chi connectivity index (χ0v) is 8.47. The topological polar surface area (TPSA) is 68.4 Å². The average molecular weight is 196 g/mol. The summed E-state index contributed by atoms with van der Waals surface area (Å²) in [7, 11) is 0. The maximum absolute atomic E-state index is 8.81. The van der Waals surface area contributed by atoms with E-state index in [0.717, 1.165) is 0 Å². The van der Waals surface area contributed by atoms with Gasteiger partial charge in [0.05, 0.1) is 30.6 Å². The molecule has 0 aliphatic carbocycles. The summed E-state index contributed by atoms with van der Waals surface area (Å²) in [6.45, 7) is 3.80. The Balaban J connectivity index is 2.68. The quantitative estimate of drug-likeness (QED) is 0.749. The highest BCUT2D eigenvalue weighted by molar-refractivity contribution is 5.21. The van der Waals surface area contributed by atoms with Crippen molar-refractivity contribution < 1.29 is 9.84 Å². The molecule has 1 aromatic heterocycles. The van der Waals surface area contributed by atoms with Crippen LogP contribution in [0.15, 0.2) is 18.3 Å². The number of aliphatic hydroxyl groups excluding tert-OH is 1. The van der Waals surface area contributed by atoms with Crippen molar-refractivity contribution in [2.45, 2.75) is 26.0 Å². The number of pyridine rings is 1. The van der Waals surface area contributed by atoms with E-state index < -0.39 is 6.04 Å². The minimum atomic E-state index is -0.414. The molecule has 0 spiro atoms. The second-order valence-corrected chi connectivity index (χ2v) is 3.37. The number of nitrogens with two attached hydrogens (primary N) is 1. The summed E-state index contributed by atoms with van der Waals surface area (Å²) in [5.74, 6) is 0.717. The van der Waals surface area contributed by atoms with Gasteiger partial charge in [-0.05, 0) is 26.0 Å². The van der Waals surface area contributed by atoms with Crippen LogP contribution < -0.4 is 10.5 Å². The van der Waals surface area contributed by atoms with E-state index >= 15 is 0 Å². The van der Waals surface area contributed by atoms with Crippen molar-refractivity contribution in [3.63, 3.8) is 0 Å². The zero-order valence-electron chi connectivity index (χ0n) is 8.47. The average Bonchev–Trinajstić information content (AvgIpc) is 2.17. The maximum atomic E-state index is 8.81. The maximum Gasteiger partial charge on any atom is 0.137 e. The first-order valence-corrected chi connectivity index (χ1v) is 4.62. The molecule has 1 rings (SSSR count). The molecule has 0 amide bonds. The van der Waals surface area contributed by atoms with Gasteiger partial charge in [0, 0.05) is 0 Å². The molecule has 0 fully saturated rings. The van der Waals surface area contributed by atoms with E-state index in [4.69, 9.17) is 15.6 Å². The van der Waals surface area contributed by atoms with Gasteiger partial charge >= 0.3 is 0 Å². The van der Waals surface area contributed by atoms with E-state index in [2.05, 4.69) is 4.98 Å². The van der Waals surface area contributed by atoms with Crippen LogP contribution in [-0.2, 0) is 0 Å². The van der Waals surface area contributed by atoms with E-state index in [9.17, 15) is 0 Å².